The molecule has 0 spiro atoms. The number of rotatable bonds is 5. The summed E-state index contributed by atoms with van der Waals surface area (Å²) in [6, 6.07) is 5.74. The van der Waals surface area contributed by atoms with Crippen LogP contribution in [0.2, 0.25) is 0 Å². The molecule has 2 aromatic heterocycles. The van der Waals surface area contributed by atoms with Crippen LogP contribution >= 0.6 is 11.3 Å². The summed E-state index contributed by atoms with van der Waals surface area (Å²) in [5, 5.41) is 3.76. The van der Waals surface area contributed by atoms with Gasteiger partial charge in [-0.3, -0.25) is 0 Å². The minimum atomic E-state index is -0.947. The number of esters is 1. The lowest BCUT2D eigenvalue weighted by molar-refractivity contribution is 0.0532. The molecule has 1 aliphatic rings. The first-order chi connectivity index (χ1) is 13.1. The average molecular weight is 386 g/mol. The molecule has 10 heteroatoms. The van der Waals surface area contributed by atoms with Gasteiger partial charge < -0.3 is 19.9 Å². The van der Waals surface area contributed by atoms with E-state index in [4.69, 9.17) is 19.9 Å². The quantitative estimate of drug-likeness (QED) is 0.524. The molecule has 0 fully saturated rings. The Kier molecular flexibility index (Phi) is 4.32. The highest BCUT2D eigenvalue weighted by Gasteiger charge is 2.25. The second-order valence-corrected chi connectivity index (χ2v) is 6.67. The summed E-state index contributed by atoms with van der Waals surface area (Å²) in [6.45, 7) is 2.10. The topological polar surface area (TPSA) is 126 Å². The van der Waals surface area contributed by atoms with E-state index in [1.165, 1.54) is 0 Å². The normalized spacial score (nSPS) is 13.5. The second-order valence-electron chi connectivity index (χ2n) is 5.64. The Morgan fingerprint density at radius 3 is 2.93 bits per heavy atom. The van der Waals surface area contributed by atoms with E-state index in [1.54, 1.807) is 31.2 Å². The maximum atomic E-state index is 12.0. The number of nitrogen functional groups attached to an aromatic ring is 1. The first kappa shape index (κ1) is 17.2. The fourth-order valence-electron chi connectivity index (χ4n) is 2.82. The van der Waals surface area contributed by atoms with Crippen LogP contribution in [0.25, 0.3) is 10.2 Å². The molecule has 138 valence electrons. The third-order valence-electron chi connectivity index (χ3n) is 3.99. The second kappa shape index (κ2) is 6.80. The van der Waals surface area contributed by atoms with Crippen LogP contribution in [-0.2, 0) is 4.74 Å². The van der Waals surface area contributed by atoms with E-state index in [1.807, 2.05) is 0 Å². The first-order valence-corrected chi connectivity index (χ1v) is 8.88. The van der Waals surface area contributed by atoms with Gasteiger partial charge >= 0.3 is 5.97 Å². The molecule has 3 heterocycles. The molecule has 1 aliphatic heterocycles. The summed E-state index contributed by atoms with van der Waals surface area (Å²) in [5.41, 5.74) is 6.69. The van der Waals surface area contributed by atoms with E-state index in [0.29, 0.717) is 37.9 Å². The van der Waals surface area contributed by atoms with Crippen LogP contribution in [0.1, 0.15) is 33.9 Å². The molecule has 9 nitrogen and oxygen atoms in total. The number of hydrogen-bond acceptors (Lipinski definition) is 10. The molecule has 2 N–H and O–H groups in total. The number of hydrogen-bond donors (Lipinski definition) is 1. The van der Waals surface area contributed by atoms with Crippen molar-refractivity contribution in [2.75, 3.05) is 19.1 Å². The number of carbonyl (C=O) groups excluding carboxylic acids is 1. The van der Waals surface area contributed by atoms with Crippen LogP contribution in [0.5, 0.6) is 11.5 Å². The third-order valence-corrected chi connectivity index (χ3v) is 5.00. The number of nitroso groups, excluding NO2 is 1. The number of ether oxygens (including phenoxy) is 3. The smallest absolute Gasteiger partial charge is 0.348 e. The van der Waals surface area contributed by atoms with Crippen molar-refractivity contribution in [3.05, 3.63) is 45.3 Å². The average Bonchev–Trinajstić information content (AvgIpc) is 3.28. The Labute approximate surface area is 157 Å². The zero-order valence-electron chi connectivity index (χ0n) is 14.2. The van der Waals surface area contributed by atoms with Crippen molar-refractivity contribution in [2.24, 2.45) is 5.18 Å². The van der Waals surface area contributed by atoms with E-state index in [9.17, 15) is 9.70 Å². The number of thiophene rings is 1. The molecule has 4 rings (SSSR count). The summed E-state index contributed by atoms with van der Waals surface area (Å²) in [5.74, 6) is 0.640. The summed E-state index contributed by atoms with van der Waals surface area (Å²) in [4.78, 5) is 32.9. The molecule has 0 saturated heterocycles. The first-order valence-electron chi connectivity index (χ1n) is 8.06. The lowest BCUT2D eigenvalue weighted by atomic mass is 10.0. The molecule has 3 aromatic rings. The van der Waals surface area contributed by atoms with Crippen molar-refractivity contribution in [3.8, 4) is 11.5 Å². The maximum Gasteiger partial charge on any atom is 0.348 e. The summed E-state index contributed by atoms with van der Waals surface area (Å²) in [6.07, 6.45) is 0. The van der Waals surface area contributed by atoms with Gasteiger partial charge in [-0.1, -0.05) is 11.2 Å². The van der Waals surface area contributed by atoms with Crippen LogP contribution in [0.4, 0.5) is 5.95 Å². The fraction of sp³-hybridized carbons (Fsp3) is 0.235. The van der Waals surface area contributed by atoms with E-state index in [-0.39, 0.29) is 19.3 Å². The lowest BCUT2D eigenvalue weighted by Crippen LogP contribution is -2.05. The SMILES string of the molecule is CCOC(=O)c1cc2c(C(N=O)c3ccc4c(c3)OCO4)nc(N)nc2s1. The zero-order valence-corrected chi connectivity index (χ0v) is 15.0. The van der Waals surface area contributed by atoms with Gasteiger partial charge in [-0.15, -0.1) is 16.2 Å². The summed E-state index contributed by atoms with van der Waals surface area (Å²) < 4.78 is 15.7. The Morgan fingerprint density at radius 1 is 1.33 bits per heavy atom. The number of nitrogens with zero attached hydrogens (tertiary/aromatic N) is 3. The molecule has 1 atom stereocenters. The van der Waals surface area contributed by atoms with Gasteiger partial charge in [-0.25, -0.2) is 14.8 Å². The highest BCUT2D eigenvalue weighted by Crippen LogP contribution is 2.39. The Hall–Kier alpha value is -3.27. The van der Waals surface area contributed by atoms with Gasteiger partial charge in [0, 0.05) is 5.39 Å². The minimum absolute atomic E-state index is 0.0100. The Morgan fingerprint density at radius 2 is 2.15 bits per heavy atom. The molecule has 1 aromatic carbocycles. The maximum absolute atomic E-state index is 12.0. The van der Waals surface area contributed by atoms with Crippen LogP contribution in [0.15, 0.2) is 29.4 Å². The highest BCUT2D eigenvalue weighted by atomic mass is 32.1. The number of carbonyl (C=O) groups is 1. The predicted molar refractivity (Wildman–Crippen MR) is 98.0 cm³/mol. The van der Waals surface area contributed by atoms with Gasteiger partial charge in [0.15, 0.2) is 17.5 Å². The van der Waals surface area contributed by atoms with Crippen LogP contribution in [0, 0.1) is 4.91 Å². The van der Waals surface area contributed by atoms with E-state index < -0.39 is 12.0 Å². The number of anilines is 1. The molecule has 0 aliphatic carbocycles. The van der Waals surface area contributed by atoms with Gasteiger partial charge in [0.1, 0.15) is 9.71 Å². The number of benzene rings is 1. The number of fused-ring (bicyclic) bond motifs is 2. The fourth-order valence-corrected chi connectivity index (χ4v) is 3.76. The van der Waals surface area contributed by atoms with E-state index >= 15 is 0 Å². The molecule has 0 saturated carbocycles. The monoisotopic (exact) mass is 386 g/mol. The zero-order chi connectivity index (χ0) is 19.0. The van der Waals surface area contributed by atoms with Crippen molar-refractivity contribution >= 4 is 33.5 Å². The van der Waals surface area contributed by atoms with Gasteiger partial charge in [0.25, 0.3) is 0 Å². The predicted octanol–water partition coefficient (Wildman–Crippen LogP) is 3.03. The number of nitrogens with two attached hydrogens (primary N) is 1. The minimum Gasteiger partial charge on any atom is -0.462 e. The van der Waals surface area contributed by atoms with Gasteiger partial charge in [0.2, 0.25) is 12.7 Å². The van der Waals surface area contributed by atoms with Crippen LogP contribution in [0.3, 0.4) is 0 Å². The van der Waals surface area contributed by atoms with Gasteiger partial charge in [-0.05, 0) is 30.7 Å². The van der Waals surface area contributed by atoms with E-state index in [2.05, 4.69) is 15.1 Å². The van der Waals surface area contributed by atoms with Crippen molar-refractivity contribution in [2.45, 2.75) is 13.0 Å². The van der Waals surface area contributed by atoms with Crippen molar-refractivity contribution < 1.29 is 19.0 Å². The third kappa shape index (κ3) is 3.04. The van der Waals surface area contributed by atoms with Gasteiger partial charge in [-0.2, -0.15) is 0 Å². The van der Waals surface area contributed by atoms with Crippen molar-refractivity contribution in [3.63, 3.8) is 0 Å². The molecule has 0 radical (unpaired) electrons. The standard InChI is InChI=1S/C17H14N4O5S/c1-2-24-16(22)12-6-9-14(19-17(18)20-15(9)27-12)13(21-23)8-3-4-10-11(5-8)26-7-25-10/h3-6,13H,2,7H2,1H3,(H2,18,19,20). The van der Waals surface area contributed by atoms with E-state index in [0.717, 1.165) is 11.3 Å². The molecule has 27 heavy (non-hydrogen) atoms. The van der Waals surface area contributed by atoms with Crippen LogP contribution < -0.4 is 15.2 Å². The molecular formula is C17H14N4O5S. The lowest BCUT2D eigenvalue weighted by Gasteiger charge is -2.11. The summed E-state index contributed by atoms with van der Waals surface area (Å²) >= 11 is 1.12. The molecule has 0 amide bonds. The largest absolute Gasteiger partial charge is 0.462 e. The Balaban J connectivity index is 1.83. The van der Waals surface area contributed by atoms with Gasteiger partial charge in [0.05, 0.1) is 12.3 Å². The molecule has 0 bridgehead atoms. The summed E-state index contributed by atoms with van der Waals surface area (Å²) in [7, 11) is 0. The number of aromatic nitrogens is 2. The van der Waals surface area contributed by atoms with Crippen LogP contribution in [-0.4, -0.2) is 29.3 Å². The van der Waals surface area contributed by atoms with Crippen molar-refractivity contribution in [1.29, 1.82) is 0 Å². The van der Waals surface area contributed by atoms with Crippen molar-refractivity contribution in [1.82, 2.24) is 9.97 Å². The molecule has 1 unspecified atom stereocenters. The molecular weight excluding hydrogens is 372 g/mol. The Bertz CT molecular complexity index is 1050. The highest BCUT2D eigenvalue weighted by molar-refractivity contribution is 7.20.